The van der Waals surface area contributed by atoms with E-state index in [2.05, 4.69) is 0 Å². The molecule has 13 heteroatoms. The second-order valence-electron chi connectivity index (χ2n) is 8.17. The number of hydrogen-bond acceptors (Lipinski definition) is 9. The Morgan fingerprint density at radius 1 is 0.600 bits per heavy atom. The van der Waals surface area contributed by atoms with E-state index >= 15 is 0 Å². The Bertz CT molecular complexity index is 833. The van der Waals surface area contributed by atoms with E-state index in [1.54, 1.807) is 39.0 Å². The van der Waals surface area contributed by atoms with E-state index in [4.69, 9.17) is 9.84 Å². The Kier molecular flexibility index (Phi) is 11.2. The fourth-order valence-corrected chi connectivity index (χ4v) is 3.74. The molecule has 194 valence electrons. The Morgan fingerprint density at radius 3 is 1.31 bits per heavy atom. The zero-order valence-corrected chi connectivity index (χ0v) is 19.4. The highest BCUT2D eigenvalue weighted by Gasteiger charge is 2.20. The number of rotatable bonds is 10. The van der Waals surface area contributed by atoms with Crippen LogP contribution in [0.1, 0.15) is 0 Å². The minimum absolute atomic E-state index is 0.193. The van der Waals surface area contributed by atoms with Crippen LogP contribution in [0.2, 0.25) is 0 Å². The van der Waals surface area contributed by atoms with E-state index in [-0.39, 0.29) is 19.6 Å². The summed E-state index contributed by atoms with van der Waals surface area (Å²) >= 11 is 0. The topological polar surface area (TPSA) is 171 Å². The van der Waals surface area contributed by atoms with Gasteiger partial charge in [0.2, 0.25) is 0 Å². The standard InChI is InChI=1S/C22H32N4O9/c27-19(28)13-23-5-7-24(14-20(29)30)9-11-26(12-10-25(8-6-23)15-21(31)32)17-1-3-18(4-2-17)35-16-22(33)34/h1-4H,5-16H2,(H,27,28)(H,29,30)(H,31,32)(H,33,34). The van der Waals surface area contributed by atoms with E-state index in [0.717, 1.165) is 5.69 Å². The molecule has 4 N–H and O–H groups in total. The van der Waals surface area contributed by atoms with Crippen LogP contribution in [0.5, 0.6) is 5.75 Å². The molecule has 0 aromatic heterocycles. The van der Waals surface area contributed by atoms with Crippen molar-refractivity contribution in [3.8, 4) is 5.75 Å². The molecule has 0 atom stereocenters. The Morgan fingerprint density at radius 2 is 0.971 bits per heavy atom. The van der Waals surface area contributed by atoms with Gasteiger partial charge in [0.05, 0.1) is 19.6 Å². The van der Waals surface area contributed by atoms with Gasteiger partial charge in [0.1, 0.15) is 5.75 Å². The molecule has 1 aliphatic heterocycles. The van der Waals surface area contributed by atoms with Gasteiger partial charge >= 0.3 is 23.9 Å². The van der Waals surface area contributed by atoms with Gasteiger partial charge in [0, 0.05) is 58.0 Å². The molecule has 1 heterocycles. The van der Waals surface area contributed by atoms with Gasteiger partial charge in [-0.15, -0.1) is 0 Å². The van der Waals surface area contributed by atoms with Gasteiger partial charge in [-0.1, -0.05) is 0 Å². The zero-order valence-electron chi connectivity index (χ0n) is 19.4. The maximum Gasteiger partial charge on any atom is 0.341 e. The van der Waals surface area contributed by atoms with Gasteiger partial charge in [0.15, 0.2) is 6.61 Å². The van der Waals surface area contributed by atoms with Crippen molar-refractivity contribution < 1.29 is 44.3 Å². The molecule has 2 rings (SSSR count). The molecular weight excluding hydrogens is 464 g/mol. The maximum absolute atomic E-state index is 11.4. The summed E-state index contributed by atoms with van der Waals surface area (Å²) in [5.74, 6) is -3.67. The first-order valence-electron chi connectivity index (χ1n) is 11.1. The maximum atomic E-state index is 11.4. The Hall–Kier alpha value is -3.42. The van der Waals surface area contributed by atoms with Crippen LogP contribution >= 0.6 is 0 Å². The minimum Gasteiger partial charge on any atom is -0.482 e. The average Bonchev–Trinajstić information content (AvgIpc) is 2.77. The van der Waals surface area contributed by atoms with Crippen LogP contribution in [0.3, 0.4) is 0 Å². The molecule has 1 aromatic carbocycles. The summed E-state index contributed by atoms with van der Waals surface area (Å²) in [6, 6.07) is 6.81. The number of nitrogens with zero attached hydrogens (tertiary/aromatic N) is 4. The smallest absolute Gasteiger partial charge is 0.341 e. The van der Waals surface area contributed by atoms with Gasteiger partial charge in [-0.3, -0.25) is 29.1 Å². The van der Waals surface area contributed by atoms with Crippen LogP contribution in [0, 0.1) is 0 Å². The third-order valence-electron chi connectivity index (χ3n) is 5.48. The summed E-state index contributed by atoms with van der Waals surface area (Å²) in [4.78, 5) is 51.9. The molecule has 1 fully saturated rings. The first-order chi connectivity index (χ1) is 16.6. The molecule has 13 nitrogen and oxygen atoms in total. The highest BCUT2D eigenvalue weighted by atomic mass is 16.5. The van der Waals surface area contributed by atoms with Crippen molar-refractivity contribution >= 4 is 29.6 Å². The normalized spacial score (nSPS) is 17.2. The van der Waals surface area contributed by atoms with E-state index < -0.39 is 30.5 Å². The average molecular weight is 497 g/mol. The first kappa shape index (κ1) is 27.8. The lowest BCUT2D eigenvalue weighted by molar-refractivity contribution is -0.140. The predicted molar refractivity (Wildman–Crippen MR) is 124 cm³/mol. The highest BCUT2D eigenvalue weighted by molar-refractivity contribution is 5.70. The van der Waals surface area contributed by atoms with Crippen molar-refractivity contribution in [3.63, 3.8) is 0 Å². The van der Waals surface area contributed by atoms with Crippen LogP contribution in [-0.2, 0) is 19.2 Å². The van der Waals surface area contributed by atoms with Crippen LogP contribution < -0.4 is 9.64 Å². The van der Waals surface area contributed by atoms with Crippen molar-refractivity contribution in [2.75, 3.05) is 83.5 Å². The SMILES string of the molecule is O=C(O)COc1ccc(N2CCN(CC(=O)O)CCN(CC(=O)O)CCN(CC(=O)O)CC2)cc1. The van der Waals surface area contributed by atoms with Crippen LogP contribution in [-0.4, -0.2) is 138 Å². The fraction of sp³-hybridized carbons (Fsp3) is 0.545. The Balaban J connectivity index is 2.20. The van der Waals surface area contributed by atoms with Crippen molar-refractivity contribution in [3.05, 3.63) is 24.3 Å². The van der Waals surface area contributed by atoms with Crippen LogP contribution in [0.25, 0.3) is 0 Å². The third kappa shape index (κ3) is 11.0. The van der Waals surface area contributed by atoms with Crippen LogP contribution in [0.4, 0.5) is 5.69 Å². The molecule has 1 aromatic rings. The van der Waals surface area contributed by atoms with Gasteiger partial charge < -0.3 is 30.1 Å². The number of aliphatic carboxylic acids is 4. The molecule has 0 radical (unpaired) electrons. The second kappa shape index (κ2) is 14.1. The summed E-state index contributed by atoms with van der Waals surface area (Å²) in [6.45, 7) is 1.96. The van der Waals surface area contributed by atoms with Crippen molar-refractivity contribution in [1.29, 1.82) is 0 Å². The second-order valence-corrected chi connectivity index (χ2v) is 8.17. The van der Waals surface area contributed by atoms with Crippen molar-refractivity contribution in [2.45, 2.75) is 0 Å². The molecule has 0 saturated carbocycles. The lowest BCUT2D eigenvalue weighted by Gasteiger charge is -2.34. The molecule has 1 saturated heterocycles. The summed E-state index contributed by atoms with van der Waals surface area (Å²) in [6.07, 6.45) is 0. The van der Waals surface area contributed by atoms with E-state index in [1.165, 1.54) is 0 Å². The summed E-state index contributed by atoms with van der Waals surface area (Å²) < 4.78 is 5.17. The number of ether oxygens (including phenoxy) is 1. The number of anilines is 1. The molecule has 0 amide bonds. The van der Waals surface area contributed by atoms with Gasteiger partial charge in [-0.05, 0) is 24.3 Å². The molecule has 0 spiro atoms. The molecular formula is C22H32N4O9. The third-order valence-corrected chi connectivity index (χ3v) is 5.48. The Labute approximate surface area is 202 Å². The largest absolute Gasteiger partial charge is 0.482 e. The number of hydrogen-bond donors (Lipinski definition) is 4. The lowest BCUT2D eigenvalue weighted by Crippen LogP contribution is -2.48. The van der Waals surface area contributed by atoms with E-state index in [9.17, 15) is 34.5 Å². The van der Waals surface area contributed by atoms with E-state index in [0.29, 0.717) is 58.1 Å². The fourth-order valence-electron chi connectivity index (χ4n) is 3.74. The molecule has 0 aliphatic carbocycles. The molecule has 35 heavy (non-hydrogen) atoms. The molecule has 1 aliphatic rings. The molecule has 0 bridgehead atoms. The summed E-state index contributed by atoms with van der Waals surface area (Å²) in [7, 11) is 0. The summed E-state index contributed by atoms with van der Waals surface area (Å²) in [5.41, 5.74) is 0.794. The quantitative estimate of drug-likeness (QED) is 0.315. The number of carbonyl (C=O) groups is 4. The summed E-state index contributed by atoms with van der Waals surface area (Å²) in [5, 5.41) is 36.6. The number of carboxylic acid groups (broad SMARTS) is 4. The first-order valence-corrected chi connectivity index (χ1v) is 11.1. The number of benzene rings is 1. The highest BCUT2D eigenvalue weighted by Crippen LogP contribution is 2.20. The van der Waals surface area contributed by atoms with Gasteiger partial charge in [-0.25, -0.2) is 4.79 Å². The van der Waals surface area contributed by atoms with Gasteiger partial charge in [0.25, 0.3) is 0 Å². The van der Waals surface area contributed by atoms with Crippen LogP contribution in [0.15, 0.2) is 24.3 Å². The van der Waals surface area contributed by atoms with E-state index in [1.807, 2.05) is 4.90 Å². The zero-order chi connectivity index (χ0) is 25.8. The number of carboxylic acids is 4. The lowest BCUT2D eigenvalue weighted by atomic mass is 10.2. The predicted octanol–water partition coefficient (Wildman–Crippen LogP) is -0.870. The van der Waals surface area contributed by atoms with Crippen molar-refractivity contribution in [1.82, 2.24) is 14.7 Å². The monoisotopic (exact) mass is 496 g/mol. The molecule has 0 unspecified atom stereocenters. The van der Waals surface area contributed by atoms with Crippen molar-refractivity contribution in [2.24, 2.45) is 0 Å². The minimum atomic E-state index is -1.09. The van der Waals surface area contributed by atoms with Gasteiger partial charge in [-0.2, -0.15) is 0 Å².